The molecule has 0 radical (unpaired) electrons. The average molecular weight is 277 g/mol. The highest BCUT2D eigenvalue weighted by atomic mass is 16.5. The molecule has 1 unspecified atom stereocenters. The lowest BCUT2D eigenvalue weighted by atomic mass is 10.1. The maximum atomic E-state index is 11.2. The van der Waals surface area contributed by atoms with E-state index in [4.69, 9.17) is 10.6 Å². The van der Waals surface area contributed by atoms with Gasteiger partial charge in [-0.3, -0.25) is 15.1 Å². The van der Waals surface area contributed by atoms with E-state index in [2.05, 4.69) is 29.4 Å². The van der Waals surface area contributed by atoms with Crippen molar-refractivity contribution in [3.63, 3.8) is 0 Å². The number of nitrogens with zero attached hydrogens (tertiary/aromatic N) is 1. The van der Waals surface area contributed by atoms with Crippen molar-refractivity contribution in [1.29, 1.82) is 0 Å². The molecule has 1 atom stereocenters. The van der Waals surface area contributed by atoms with Crippen molar-refractivity contribution >= 4 is 5.91 Å². The molecule has 5 nitrogen and oxygen atoms in total. The Morgan fingerprint density at radius 2 is 2.10 bits per heavy atom. The third-order valence-electron chi connectivity index (χ3n) is 3.49. The van der Waals surface area contributed by atoms with Crippen LogP contribution < -0.4 is 11.3 Å². The van der Waals surface area contributed by atoms with Crippen molar-refractivity contribution in [2.45, 2.75) is 32.4 Å². The predicted octanol–water partition coefficient (Wildman–Crippen LogP) is 0.830. The summed E-state index contributed by atoms with van der Waals surface area (Å²) in [6, 6.07) is 8.13. The highest BCUT2D eigenvalue weighted by Gasteiger charge is 2.15. The van der Waals surface area contributed by atoms with Gasteiger partial charge in [-0.2, -0.15) is 0 Å². The van der Waals surface area contributed by atoms with Crippen LogP contribution >= 0.6 is 0 Å². The van der Waals surface area contributed by atoms with Crippen LogP contribution in [0.25, 0.3) is 0 Å². The maximum Gasteiger partial charge on any atom is 0.238 e. The minimum absolute atomic E-state index is 0.170. The zero-order valence-electron chi connectivity index (χ0n) is 12.0. The van der Waals surface area contributed by atoms with Crippen LogP contribution in [0.15, 0.2) is 24.3 Å². The smallest absolute Gasteiger partial charge is 0.238 e. The van der Waals surface area contributed by atoms with Gasteiger partial charge >= 0.3 is 0 Å². The van der Waals surface area contributed by atoms with Gasteiger partial charge in [0.15, 0.2) is 0 Å². The number of benzene rings is 1. The minimum Gasteiger partial charge on any atom is -0.377 e. The summed E-state index contributed by atoms with van der Waals surface area (Å²) >= 11 is 0. The van der Waals surface area contributed by atoms with E-state index in [0.717, 1.165) is 38.2 Å². The van der Waals surface area contributed by atoms with Crippen molar-refractivity contribution < 1.29 is 9.53 Å². The highest BCUT2D eigenvalue weighted by Crippen LogP contribution is 2.12. The van der Waals surface area contributed by atoms with Gasteiger partial charge in [0.25, 0.3) is 0 Å². The zero-order valence-corrected chi connectivity index (χ0v) is 12.0. The third kappa shape index (κ3) is 4.59. The molecule has 0 bridgehead atoms. The first-order chi connectivity index (χ1) is 9.67. The molecule has 1 aliphatic heterocycles. The first kappa shape index (κ1) is 15.0. The van der Waals surface area contributed by atoms with Crippen molar-refractivity contribution in [2.75, 3.05) is 19.7 Å². The summed E-state index contributed by atoms with van der Waals surface area (Å²) in [6.45, 7) is 5.94. The minimum atomic E-state index is -0.170. The number of carbonyl (C=O) groups is 1. The molecular formula is C15H23N3O2. The molecule has 1 fully saturated rings. The largest absolute Gasteiger partial charge is 0.377 e. The SMILES string of the molecule is CC1CN(Cc2ccc(CC(=O)NN)cc2)CCCO1. The Balaban J connectivity index is 1.91. The molecule has 20 heavy (non-hydrogen) atoms. The second kappa shape index (κ2) is 7.38. The molecule has 0 aromatic heterocycles. The van der Waals surface area contributed by atoms with Gasteiger partial charge in [-0.1, -0.05) is 24.3 Å². The van der Waals surface area contributed by atoms with Crippen molar-refractivity contribution in [1.82, 2.24) is 10.3 Å². The topological polar surface area (TPSA) is 67.6 Å². The summed E-state index contributed by atoms with van der Waals surface area (Å²) in [6.07, 6.45) is 1.70. The highest BCUT2D eigenvalue weighted by molar-refractivity contribution is 5.77. The Kier molecular flexibility index (Phi) is 5.52. The van der Waals surface area contributed by atoms with Crippen LogP contribution in [0.4, 0.5) is 0 Å². The second-order valence-corrected chi connectivity index (χ2v) is 5.33. The van der Waals surface area contributed by atoms with Crippen LogP contribution in [0, 0.1) is 0 Å². The number of amides is 1. The van der Waals surface area contributed by atoms with Crippen LogP contribution in [0.2, 0.25) is 0 Å². The van der Waals surface area contributed by atoms with Crippen LogP contribution in [0.1, 0.15) is 24.5 Å². The van der Waals surface area contributed by atoms with Crippen LogP contribution in [-0.4, -0.2) is 36.6 Å². The Labute approximate surface area is 120 Å². The van der Waals surface area contributed by atoms with E-state index >= 15 is 0 Å². The fourth-order valence-electron chi connectivity index (χ4n) is 2.48. The molecular weight excluding hydrogens is 254 g/mol. The monoisotopic (exact) mass is 277 g/mol. The lowest BCUT2D eigenvalue weighted by molar-refractivity contribution is -0.120. The van der Waals surface area contributed by atoms with E-state index in [-0.39, 0.29) is 5.91 Å². The second-order valence-electron chi connectivity index (χ2n) is 5.33. The molecule has 1 heterocycles. The first-order valence-corrected chi connectivity index (χ1v) is 7.08. The van der Waals surface area contributed by atoms with E-state index in [9.17, 15) is 4.79 Å². The Morgan fingerprint density at radius 1 is 1.40 bits per heavy atom. The average Bonchev–Trinajstić information content (AvgIpc) is 2.65. The van der Waals surface area contributed by atoms with Crippen LogP contribution in [-0.2, 0) is 22.5 Å². The van der Waals surface area contributed by atoms with Crippen molar-refractivity contribution in [2.24, 2.45) is 5.84 Å². The van der Waals surface area contributed by atoms with Gasteiger partial charge < -0.3 is 4.74 Å². The quantitative estimate of drug-likeness (QED) is 0.486. The molecule has 110 valence electrons. The van der Waals surface area contributed by atoms with Gasteiger partial charge in [-0.05, 0) is 24.5 Å². The predicted molar refractivity (Wildman–Crippen MR) is 77.8 cm³/mol. The van der Waals surface area contributed by atoms with E-state index in [0.29, 0.717) is 12.5 Å². The molecule has 1 amide bonds. The number of nitrogens with one attached hydrogen (secondary N) is 1. The molecule has 3 N–H and O–H groups in total. The van der Waals surface area contributed by atoms with E-state index in [1.54, 1.807) is 0 Å². The lowest BCUT2D eigenvalue weighted by Gasteiger charge is -2.21. The molecule has 1 aromatic carbocycles. The third-order valence-corrected chi connectivity index (χ3v) is 3.49. The van der Waals surface area contributed by atoms with Gasteiger partial charge in [-0.25, -0.2) is 5.84 Å². The molecule has 0 saturated carbocycles. The fraction of sp³-hybridized carbons (Fsp3) is 0.533. The fourth-order valence-corrected chi connectivity index (χ4v) is 2.48. The van der Waals surface area contributed by atoms with Gasteiger partial charge in [0.05, 0.1) is 12.5 Å². The number of hydrazine groups is 1. The molecule has 0 aliphatic carbocycles. The number of carbonyl (C=O) groups excluding carboxylic acids is 1. The number of nitrogens with two attached hydrogens (primary N) is 1. The van der Waals surface area contributed by atoms with Gasteiger partial charge in [0.1, 0.15) is 0 Å². The Morgan fingerprint density at radius 3 is 2.80 bits per heavy atom. The molecule has 5 heteroatoms. The van der Waals surface area contributed by atoms with E-state index in [1.807, 2.05) is 12.1 Å². The van der Waals surface area contributed by atoms with Crippen molar-refractivity contribution in [3.05, 3.63) is 35.4 Å². The summed E-state index contributed by atoms with van der Waals surface area (Å²) < 4.78 is 5.65. The van der Waals surface area contributed by atoms with E-state index in [1.165, 1.54) is 5.56 Å². The molecule has 0 spiro atoms. The Hall–Kier alpha value is -1.43. The molecule has 1 aliphatic rings. The first-order valence-electron chi connectivity index (χ1n) is 7.08. The Bertz CT molecular complexity index is 433. The van der Waals surface area contributed by atoms with Gasteiger partial charge in [0, 0.05) is 26.2 Å². The number of hydrogen-bond donors (Lipinski definition) is 2. The standard InChI is InChI=1S/C15H23N3O2/c1-12-10-18(7-2-8-20-12)11-14-5-3-13(4-6-14)9-15(19)17-16/h3-6,12H,2,7-11,16H2,1H3,(H,17,19). The zero-order chi connectivity index (χ0) is 14.4. The number of rotatable bonds is 4. The number of ether oxygens (including phenoxy) is 1. The van der Waals surface area contributed by atoms with Crippen LogP contribution in [0.5, 0.6) is 0 Å². The number of hydrogen-bond acceptors (Lipinski definition) is 4. The summed E-state index contributed by atoms with van der Waals surface area (Å²) in [7, 11) is 0. The van der Waals surface area contributed by atoms with Crippen LogP contribution in [0.3, 0.4) is 0 Å². The van der Waals surface area contributed by atoms with E-state index < -0.39 is 0 Å². The van der Waals surface area contributed by atoms with Gasteiger partial charge in [0.2, 0.25) is 5.91 Å². The lowest BCUT2D eigenvalue weighted by Crippen LogP contribution is -2.31. The van der Waals surface area contributed by atoms with Crippen molar-refractivity contribution in [3.8, 4) is 0 Å². The maximum absolute atomic E-state index is 11.2. The molecule has 2 rings (SSSR count). The normalized spacial score (nSPS) is 20.4. The summed E-state index contributed by atoms with van der Waals surface area (Å²) in [5.74, 6) is 4.91. The summed E-state index contributed by atoms with van der Waals surface area (Å²) in [5, 5.41) is 0. The molecule has 1 saturated heterocycles. The summed E-state index contributed by atoms with van der Waals surface area (Å²) in [4.78, 5) is 13.6. The summed E-state index contributed by atoms with van der Waals surface area (Å²) in [5.41, 5.74) is 4.38. The molecule has 1 aromatic rings. The van der Waals surface area contributed by atoms with Gasteiger partial charge in [-0.15, -0.1) is 0 Å².